The molecule has 1 aromatic carbocycles. The van der Waals surface area contributed by atoms with Gasteiger partial charge in [-0.05, 0) is 31.0 Å². The summed E-state index contributed by atoms with van der Waals surface area (Å²) in [5.74, 6) is 0.0720. The molecule has 2 aliphatic rings. The molecule has 8 nitrogen and oxygen atoms in total. The third-order valence-corrected chi connectivity index (χ3v) is 6.57. The van der Waals surface area contributed by atoms with Gasteiger partial charge in [-0.25, -0.2) is 4.79 Å². The van der Waals surface area contributed by atoms with Crippen LogP contribution in [-0.4, -0.2) is 42.3 Å². The van der Waals surface area contributed by atoms with Crippen LogP contribution in [0.5, 0.6) is 11.5 Å². The Balaban J connectivity index is 1.64. The van der Waals surface area contributed by atoms with Crippen LogP contribution in [-0.2, 0) is 17.7 Å². The Morgan fingerprint density at radius 3 is 2.93 bits per heavy atom. The molecule has 0 aliphatic carbocycles. The lowest BCUT2D eigenvalue weighted by Gasteiger charge is -2.28. The number of benzene rings is 1. The number of hydrogen-bond donors (Lipinski definition) is 3. The molecule has 10 heteroatoms. The Morgan fingerprint density at radius 1 is 1.41 bits per heavy atom. The Hall–Kier alpha value is -2.46. The fraction of sp³-hybridized carbons (Fsp3) is 0.368. The summed E-state index contributed by atoms with van der Waals surface area (Å²) in [4.78, 5) is 27.6. The molecule has 2 aliphatic heterocycles. The Bertz CT molecular complexity index is 993. The minimum atomic E-state index is -0.609. The molecule has 0 fully saturated rings. The van der Waals surface area contributed by atoms with Crippen LogP contribution >= 0.6 is 27.3 Å². The van der Waals surface area contributed by atoms with Crippen molar-refractivity contribution < 1.29 is 24.2 Å². The normalized spacial score (nSPS) is 17.7. The molecule has 3 N–H and O–H groups in total. The highest BCUT2D eigenvalue weighted by Crippen LogP contribution is 2.43. The van der Waals surface area contributed by atoms with Crippen LogP contribution in [0, 0.1) is 0 Å². The molecule has 4 rings (SSSR count). The van der Waals surface area contributed by atoms with Gasteiger partial charge in [-0.1, -0.05) is 15.9 Å². The van der Waals surface area contributed by atoms with Crippen molar-refractivity contribution in [1.82, 2.24) is 10.2 Å². The number of rotatable bonds is 3. The summed E-state index contributed by atoms with van der Waals surface area (Å²) in [5, 5.41) is 17.5. The number of fused-ring (bicyclic) bond motifs is 3. The van der Waals surface area contributed by atoms with Crippen molar-refractivity contribution >= 4 is 44.3 Å². The van der Waals surface area contributed by atoms with E-state index in [9.17, 15) is 14.7 Å². The average molecular weight is 482 g/mol. The number of ether oxygens (including phenoxy) is 2. The largest absolute Gasteiger partial charge is 0.504 e. The molecule has 0 unspecified atom stereocenters. The molecular weight excluding hydrogens is 462 g/mol. The van der Waals surface area contributed by atoms with Crippen LogP contribution in [0.25, 0.3) is 0 Å². The zero-order valence-electron chi connectivity index (χ0n) is 15.9. The smallest absolute Gasteiger partial charge is 0.410 e. The molecule has 2 aromatic rings. The third kappa shape index (κ3) is 3.51. The highest BCUT2D eigenvalue weighted by molar-refractivity contribution is 9.10. The van der Waals surface area contributed by atoms with Crippen molar-refractivity contribution in [2.45, 2.75) is 26.1 Å². The first-order chi connectivity index (χ1) is 13.9. The predicted molar refractivity (Wildman–Crippen MR) is 112 cm³/mol. The maximum absolute atomic E-state index is 12.9. The van der Waals surface area contributed by atoms with Gasteiger partial charge in [0.05, 0.1) is 25.8 Å². The van der Waals surface area contributed by atoms with E-state index in [2.05, 4.69) is 26.6 Å². The summed E-state index contributed by atoms with van der Waals surface area (Å²) in [5.41, 5.74) is 2.08. The number of hydrogen-bond acceptors (Lipinski definition) is 7. The number of thiophene rings is 1. The number of carbonyl (C=O) groups is 2. The molecular formula is C19H20BrN3O5S. The van der Waals surface area contributed by atoms with Crippen molar-refractivity contribution in [3.8, 4) is 11.5 Å². The minimum absolute atomic E-state index is 0.0354. The van der Waals surface area contributed by atoms with Gasteiger partial charge < -0.3 is 30.1 Å². The van der Waals surface area contributed by atoms with Crippen LogP contribution in [0.2, 0.25) is 0 Å². The third-order valence-electron chi connectivity index (χ3n) is 4.96. The van der Waals surface area contributed by atoms with E-state index in [0.29, 0.717) is 43.0 Å². The predicted octanol–water partition coefficient (Wildman–Crippen LogP) is 3.59. The number of aromatic hydroxyl groups is 1. The van der Waals surface area contributed by atoms with E-state index >= 15 is 0 Å². The summed E-state index contributed by atoms with van der Waals surface area (Å²) >= 11 is 4.86. The molecule has 0 saturated heterocycles. The molecule has 0 bridgehead atoms. The lowest BCUT2D eigenvalue weighted by Crippen LogP contribution is -2.39. The highest BCUT2D eigenvalue weighted by atomic mass is 79.9. The van der Waals surface area contributed by atoms with E-state index in [1.165, 1.54) is 18.4 Å². The first-order valence-electron chi connectivity index (χ1n) is 9.13. The highest BCUT2D eigenvalue weighted by Gasteiger charge is 2.35. The summed E-state index contributed by atoms with van der Waals surface area (Å²) in [6.07, 6.45) is -0.357. The van der Waals surface area contributed by atoms with Crippen LogP contribution in [0.3, 0.4) is 0 Å². The molecule has 1 aromatic heterocycles. The average Bonchev–Trinajstić information content (AvgIpc) is 3.07. The number of halogens is 1. The number of phenols is 1. The Morgan fingerprint density at radius 2 is 2.21 bits per heavy atom. The van der Waals surface area contributed by atoms with E-state index in [1.54, 1.807) is 24.0 Å². The van der Waals surface area contributed by atoms with Crippen LogP contribution < -0.4 is 15.4 Å². The molecule has 2 amide bonds. The first kappa shape index (κ1) is 19.8. The standard InChI is InChI=1S/C19H20BrN3O5S/c1-3-28-19(26)23-5-4-10-13(8-23)29-18-14(10)17(25)21-16(22-18)11-6-9(20)7-12(27-2)15(11)24/h6-7,16,22,24H,3-5,8H2,1-2H3,(H,21,25)/t16-/m1/s1. The van der Waals surface area contributed by atoms with Crippen molar-refractivity contribution in [3.63, 3.8) is 0 Å². The van der Waals surface area contributed by atoms with Gasteiger partial charge in [-0.15, -0.1) is 11.3 Å². The second-order valence-corrected chi connectivity index (χ2v) is 8.70. The van der Waals surface area contributed by atoms with Gasteiger partial charge in [0.15, 0.2) is 11.5 Å². The summed E-state index contributed by atoms with van der Waals surface area (Å²) < 4.78 is 11.0. The van der Waals surface area contributed by atoms with Crippen molar-refractivity contribution in [2.75, 3.05) is 25.6 Å². The summed E-state index contributed by atoms with van der Waals surface area (Å²) in [6, 6.07) is 3.39. The van der Waals surface area contributed by atoms with Crippen molar-refractivity contribution in [1.29, 1.82) is 0 Å². The molecule has 3 heterocycles. The number of nitrogens with one attached hydrogen (secondary N) is 2. The molecule has 0 radical (unpaired) electrons. The monoisotopic (exact) mass is 481 g/mol. The molecule has 29 heavy (non-hydrogen) atoms. The van der Waals surface area contributed by atoms with Crippen LogP contribution in [0.4, 0.5) is 9.80 Å². The summed E-state index contributed by atoms with van der Waals surface area (Å²) in [7, 11) is 1.47. The fourth-order valence-corrected chi connectivity index (χ4v) is 5.36. The quantitative estimate of drug-likeness (QED) is 0.619. The van der Waals surface area contributed by atoms with E-state index in [0.717, 1.165) is 19.9 Å². The molecule has 0 spiro atoms. The number of anilines is 1. The van der Waals surface area contributed by atoms with E-state index in [-0.39, 0.29) is 17.7 Å². The van der Waals surface area contributed by atoms with Gasteiger partial charge in [0.25, 0.3) is 5.91 Å². The fourth-order valence-electron chi connectivity index (χ4n) is 3.61. The van der Waals surface area contributed by atoms with Gasteiger partial charge in [0, 0.05) is 21.5 Å². The zero-order valence-corrected chi connectivity index (χ0v) is 18.3. The number of nitrogens with zero attached hydrogens (tertiary/aromatic N) is 1. The molecule has 1 atom stereocenters. The zero-order chi connectivity index (χ0) is 20.7. The van der Waals surface area contributed by atoms with Gasteiger partial charge in [0.2, 0.25) is 0 Å². The topological polar surface area (TPSA) is 100 Å². The van der Waals surface area contributed by atoms with Gasteiger partial charge in [-0.3, -0.25) is 4.79 Å². The van der Waals surface area contributed by atoms with Crippen molar-refractivity contribution in [2.24, 2.45) is 0 Å². The van der Waals surface area contributed by atoms with Gasteiger partial charge in [-0.2, -0.15) is 0 Å². The number of carbonyl (C=O) groups excluding carboxylic acids is 2. The lowest BCUT2D eigenvalue weighted by atomic mass is 10.0. The number of methoxy groups -OCH3 is 1. The van der Waals surface area contributed by atoms with Gasteiger partial charge in [0.1, 0.15) is 11.2 Å². The second kappa shape index (κ2) is 7.75. The first-order valence-corrected chi connectivity index (χ1v) is 10.7. The Labute approximate surface area is 179 Å². The molecule has 154 valence electrons. The second-order valence-electron chi connectivity index (χ2n) is 6.68. The van der Waals surface area contributed by atoms with Crippen molar-refractivity contribution in [3.05, 3.63) is 38.2 Å². The summed E-state index contributed by atoms with van der Waals surface area (Å²) in [6.45, 7) is 3.03. The minimum Gasteiger partial charge on any atom is -0.504 e. The maximum atomic E-state index is 12.9. The molecule has 0 saturated carbocycles. The number of phenolic OH excluding ortho intramolecular Hbond substituents is 1. The van der Waals surface area contributed by atoms with Gasteiger partial charge >= 0.3 is 6.09 Å². The SMILES string of the molecule is CCOC(=O)N1CCc2c(sc3c2C(=O)N[C@@H](c2cc(Br)cc(OC)c2O)N3)C1. The van der Waals surface area contributed by atoms with E-state index in [4.69, 9.17) is 9.47 Å². The number of amides is 2. The van der Waals surface area contributed by atoms with E-state index < -0.39 is 6.17 Å². The maximum Gasteiger partial charge on any atom is 0.410 e. The lowest BCUT2D eigenvalue weighted by molar-refractivity contribution is 0.0933. The Kier molecular flexibility index (Phi) is 5.30. The van der Waals surface area contributed by atoms with Crippen LogP contribution in [0.1, 0.15) is 39.5 Å². The van der Waals surface area contributed by atoms with E-state index in [1.807, 2.05) is 0 Å². The van der Waals surface area contributed by atoms with Crippen LogP contribution in [0.15, 0.2) is 16.6 Å².